The number of nitrogens with zero attached hydrogens (tertiary/aromatic N) is 2. The van der Waals surface area contributed by atoms with Gasteiger partial charge in [-0.25, -0.2) is 4.68 Å². The van der Waals surface area contributed by atoms with Crippen LogP contribution in [0.2, 0.25) is 0 Å². The molecular weight excluding hydrogens is 414 g/mol. The average molecular weight is 442 g/mol. The first-order valence-electron chi connectivity index (χ1n) is 9.92. The number of para-hydroxylation sites is 1. The van der Waals surface area contributed by atoms with Gasteiger partial charge >= 0.3 is 0 Å². The van der Waals surface area contributed by atoms with E-state index in [1.54, 1.807) is 43.5 Å². The van der Waals surface area contributed by atoms with Crippen LogP contribution in [0.1, 0.15) is 23.7 Å². The first-order valence-corrected chi connectivity index (χ1v) is 11.5. The lowest BCUT2D eigenvalue weighted by Crippen LogP contribution is -2.27. The predicted molar refractivity (Wildman–Crippen MR) is 123 cm³/mol. The summed E-state index contributed by atoms with van der Waals surface area (Å²) < 4.78 is 24.0. The fourth-order valence-corrected chi connectivity index (χ4v) is 3.55. The molecule has 1 N–H and O–H groups in total. The fourth-order valence-electron chi connectivity index (χ4n) is 3.10. The Morgan fingerprint density at radius 1 is 1.13 bits per heavy atom. The van der Waals surface area contributed by atoms with E-state index in [-0.39, 0.29) is 11.2 Å². The number of hydrogen-bond acceptors (Lipinski definition) is 5. The molecule has 0 saturated heterocycles. The van der Waals surface area contributed by atoms with E-state index >= 15 is 0 Å². The number of hydrogen-bond donors (Lipinski definition) is 1. The Bertz CT molecular complexity index is 1070. The van der Waals surface area contributed by atoms with Crippen molar-refractivity contribution < 1.29 is 18.5 Å². The molecular formula is C23H27N3O4S. The Kier molecular flexibility index (Phi) is 7.46. The third kappa shape index (κ3) is 5.32. The summed E-state index contributed by atoms with van der Waals surface area (Å²) in [5.41, 5.74) is 2.56. The van der Waals surface area contributed by atoms with E-state index in [0.717, 1.165) is 11.3 Å². The van der Waals surface area contributed by atoms with Gasteiger partial charge in [-0.15, -0.1) is 0 Å². The van der Waals surface area contributed by atoms with Gasteiger partial charge in [-0.3, -0.25) is 9.00 Å². The average Bonchev–Trinajstić information content (AvgIpc) is 3.24. The normalized spacial score (nSPS) is 12.8. The maximum atomic E-state index is 13.0. The van der Waals surface area contributed by atoms with E-state index < -0.39 is 10.8 Å². The Hall–Kier alpha value is -3.13. The number of ether oxygens (including phenoxy) is 2. The van der Waals surface area contributed by atoms with Crippen LogP contribution < -0.4 is 14.8 Å². The molecule has 0 aliphatic carbocycles. The third-order valence-corrected chi connectivity index (χ3v) is 6.41. The number of methoxy groups -OCH3 is 2. The zero-order valence-electron chi connectivity index (χ0n) is 18.1. The van der Waals surface area contributed by atoms with Crippen molar-refractivity contribution in [3.63, 3.8) is 0 Å². The van der Waals surface area contributed by atoms with Crippen molar-refractivity contribution in [1.82, 2.24) is 15.1 Å². The van der Waals surface area contributed by atoms with Gasteiger partial charge in [-0.1, -0.05) is 25.1 Å². The highest BCUT2D eigenvalue weighted by molar-refractivity contribution is 7.84. The van der Waals surface area contributed by atoms with Crippen LogP contribution in [0.4, 0.5) is 0 Å². The number of benzene rings is 2. The molecule has 7 nitrogen and oxygen atoms in total. The molecule has 0 saturated carbocycles. The molecule has 0 spiro atoms. The first-order chi connectivity index (χ1) is 14.9. The molecule has 1 aromatic heterocycles. The lowest BCUT2D eigenvalue weighted by molar-refractivity contribution is 0.0954. The summed E-state index contributed by atoms with van der Waals surface area (Å²) in [6.45, 7) is 2.34. The highest BCUT2D eigenvalue weighted by Gasteiger charge is 2.20. The van der Waals surface area contributed by atoms with Crippen molar-refractivity contribution in [2.75, 3.05) is 27.0 Å². The number of carbonyl (C=O) groups is 1. The van der Waals surface area contributed by atoms with Gasteiger partial charge in [-0.05, 0) is 36.8 Å². The maximum absolute atomic E-state index is 13.0. The lowest BCUT2D eigenvalue weighted by Gasteiger charge is -2.10. The number of nitrogens with one attached hydrogen (secondary N) is 1. The molecule has 0 aliphatic rings. The minimum Gasteiger partial charge on any atom is -0.493 e. The van der Waals surface area contributed by atoms with Crippen LogP contribution in [0.15, 0.2) is 54.7 Å². The molecule has 1 amide bonds. The van der Waals surface area contributed by atoms with Crippen LogP contribution in [0.5, 0.6) is 11.5 Å². The van der Waals surface area contributed by atoms with Gasteiger partial charge < -0.3 is 14.8 Å². The third-order valence-electron chi connectivity index (χ3n) is 5.04. The van der Waals surface area contributed by atoms with Crippen molar-refractivity contribution in [2.24, 2.45) is 0 Å². The summed E-state index contributed by atoms with van der Waals surface area (Å²) in [7, 11) is 2.22. The minimum atomic E-state index is -0.925. The Morgan fingerprint density at radius 2 is 1.84 bits per heavy atom. The number of amides is 1. The molecule has 1 heterocycles. The molecule has 164 valence electrons. The van der Waals surface area contributed by atoms with E-state index in [2.05, 4.69) is 10.4 Å². The predicted octanol–water partition coefficient (Wildman–Crippen LogP) is 3.44. The molecule has 3 aromatic rings. The number of rotatable bonds is 9. The SMILES string of the molecule is COc1ccc(-c2nn(-c3ccccc3)cc2C(=O)NCC[C@@H](C)[S@](C)=O)cc1OC. The topological polar surface area (TPSA) is 82.5 Å². The van der Waals surface area contributed by atoms with E-state index in [1.165, 1.54) is 0 Å². The molecule has 0 bridgehead atoms. The van der Waals surface area contributed by atoms with Crippen molar-refractivity contribution in [3.05, 3.63) is 60.3 Å². The van der Waals surface area contributed by atoms with Crippen molar-refractivity contribution >= 4 is 16.7 Å². The largest absolute Gasteiger partial charge is 0.493 e. The van der Waals surface area contributed by atoms with Crippen molar-refractivity contribution in [1.29, 1.82) is 0 Å². The molecule has 0 fully saturated rings. The van der Waals surface area contributed by atoms with E-state index in [0.29, 0.717) is 35.7 Å². The maximum Gasteiger partial charge on any atom is 0.255 e. The Labute approximate surface area is 184 Å². The highest BCUT2D eigenvalue weighted by atomic mass is 32.2. The zero-order chi connectivity index (χ0) is 22.4. The van der Waals surface area contributed by atoms with Crippen LogP contribution in [0.25, 0.3) is 16.9 Å². The molecule has 0 radical (unpaired) electrons. The van der Waals surface area contributed by atoms with Gasteiger partial charge in [0.15, 0.2) is 11.5 Å². The van der Waals surface area contributed by atoms with E-state index in [1.807, 2.05) is 43.3 Å². The molecule has 3 rings (SSSR count). The lowest BCUT2D eigenvalue weighted by atomic mass is 10.1. The van der Waals surface area contributed by atoms with Crippen LogP contribution in [0, 0.1) is 0 Å². The fraction of sp³-hybridized carbons (Fsp3) is 0.304. The molecule has 0 aliphatic heterocycles. The first kappa shape index (κ1) is 22.6. The van der Waals surface area contributed by atoms with Gasteiger partial charge in [0, 0.05) is 40.6 Å². The van der Waals surface area contributed by atoms with Gasteiger partial charge in [0.2, 0.25) is 0 Å². The molecule has 2 atom stereocenters. The summed E-state index contributed by atoms with van der Waals surface area (Å²) in [5.74, 6) is 0.919. The highest BCUT2D eigenvalue weighted by Crippen LogP contribution is 2.33. The summed E-state index contributed by atoms with van der Waals surface area (Å²) in [6, 6.07) is 15.0. The monoisotopic (exact) mass is 441 g/mol. The molecule has 0 unspecified atom stereocenters. The van der Waals surface area contributed by atoms with Crippen LogP contribution >= 0.6 is 0 Å². The Balaban J connectivity index is 1.96. The van der Waals surface area contributed by atoms with E-state index in [4.69, 9.17) is 9.47 Å². The van der Waals surface area contributed by atoms with Crippen molar-refractivity contribution in [3.8, 4) is 28.4 Å². The van der Waals surface area contributed by atoms with E-state index in [9.17, 15) is 9.00 Å². The van der Waals surface area contributed by atoms with Gasteiger partial charge in [0.1, 0.15) is 5.69 Å². The Morgan fingerprint density at radius 3 is 2.48 bits per heavy atom. The molecule has 8 heteroatoms. The minimum absolute atomic E-state index is 0.0117. The summed E-state index contributed by atoms with van der Waals surface area (Å²) in [6.07, 6.45) is 4.02. The number of aromatic nitrogens is 2. The number of carbonyl (C=O) groups excluding carboxylic acids is 1. The second kappa shape index (κ2) is 10.3. The quantitative estimate of drug-likeness (QED) is 0.550. The van der Waals surface area contributed by atoms with Gasteiger partial charge in [-0.2, -0.15) is 5.10 Å². The van der Waals surface area contributed by atoms with Crippen molar-refractivity contribution in [2.45, 2.75) is 18.6 Å². The summed E-state index contributed by atoms with van der Waals surface area (Å²) >= 11 is 0. The van der Waals surface area contributed by atoms with Crippen LogP contribution in [0.3, 0.4) is 0 Å². The summed E-state index contributed by atoms with van der Waals surface area (Å²) in [5, 5.41) is 7.62. The van der Waals surface area contributed by atoms with Crippen LogP contribution in [-0.4, -0.2) is 52.2 Å². The summed E-state index contributed by atoms with van der Waals surface area (Å²) in [4.78, 5) is 13.0. The smallest absolute Gasteiger partial charge is 0.255 e. The zero-order valence-corrected chi connectivity index (χ0v) is 18.9. The van der Waals surface area contributed by atoms with Gasteiger partial charge in [0.05, 0.1) is 25.5 Å². The second-order valence-electron chi connectivity index (χ2n) is 7.10. The van der Waals surface area contributed by atoms with Gasteiger partial charge in [0.25, 0.3) is 5.91 Å². The van der Waals surface area contributed by atoms with Crippen LogP contribution in [-0.2, 0) is 10.8 Å². The molecule has 2 aromatic carbocycles. The second-order valence-corrected chi connectivity index (χ2v) is 8.90. The molecule has 31 heavy (non-hydrogen) atoms. The standard InChI is InChI=1S/C23H27N3O4S/c1-16(31(4)28)12-13-24-23(27)19-15-26(18-8-6-5-7-9-18)25-22(19)17-10-11-20(29-2)21(14-17)30-3/h5-11,14-16H,12-13H2,1-4H3,(H,24,27)/t16-,31+/m1/s1.